The first-order chi connectivity index (χ1) is 8.61. The number of aliphatic carboxylic acids is 1. The van der Waals surface area contributed by atoms with Gasteiger partial charge in [0.1, 0.15) is 0 Å². The summed E-state index contributed by atoms with van der Waals surface area (Å²) >= 11 is 0. The number of carbonyl (C=O) groups is 1. The van der Waals surface area contributed by atoms with Gasteiger partial charge in [0.2, 0.25) is 0 Å². The molecule has 0 aliphatic carbocycles. The highest BCUT2D eigenvalue weighted by molar-refractivity contribution is 5.66. The van der Waals surface area contributed by atoms with Crippen molar-refractivity contribution < 1.29 is 9.90 Å². The molecule has 1 aromatic rings. The first kappa shape index (κ1) is 14.7. The van der Waals surface area contributed by atoms with Crippen molar-refractivity contribution in [3.8, 4) is 0 Å². The van der Waals surface area contributed by atoms with Gasteiger partial charge in [-0.15, -0.1) is 0 Å². The molecule has 0 aliphatic rings. The largest absolute Gasteiger partial charge is 0.481 e. The van der Waals surface area contributed by atoms with Crippen LogP contribution in [0.5, 0.6) is 0 Å². The predicted octanol–water partition coefficient (Wildman–Crippen LogP) is 2.94. The van der Waals surface area contributed by atoms with E-state index in [1.165, 1.54) is 17.5 Å². The lowest BCUT2D eigenvalue weighted by Crippen LogP contribution is -2.19. The fourth-order valence-electron chi connectivity index (χ4n) is 1.99. The standard InChI is InChI=1S/C15H23NO2/c1-3-5-13-7-9-14(10-8-13)12-16(2)11-4-6-15(17)18/h7-10H,3-6,11-12H2,1-2H3,(H,17,18). The van der Waals surface area contributed by atoms with Crippen LogP contribution in [-0.4, -0.2) is 29.6 Å². The number of nitrogens with zero attached hydrogens (tertiary/aromatic N) is 1. The van der Waals surface area contributed by atoms with Gasteiger partial charge in [-0.1, -0.05) is 37.6 Å². The van der Waals surface area contributed by atoms with Gasteiger partial charge >= 0.3 is 5.97 Å². The number of carboxylic acids is 1. The van der Waals surface area contributed by atoms with Crippen LogP contribution in [0.15, 0.2) is 24.3 Å². The monoisotopic (exact) mass is 249 g/mol. The Morgan fingerprint density at radius 3 is 2.39 bits per heavy atom. The van der Waals surface area contributed by atoms with Crippen molar-refractivity contribution in [3.05, 3.63) is 35.4 Å². The molecule has 0 unspecified atom stereocenters. The minimum atomic E-state index is -0.715. The first-order valence-electron chi connectivity index (χ1n) is 6.60. The second-order valence-electron chi connectivity index (χ2n) is 4.80. The van der Waals surface area contributed by atoms with E-state index in [1.54, 1.807) is 0 Å². The van der Waals surface area contributed by atoms with E-state index < -0.39 is 5.97 Å². The van der Waals surface area contributed by atoms with Crippen LogP contribution in [0.2, 0.25) is 0 Å². The average Bonchev–Trinajstić information content (AvgIpc) is 2.31. The van der Waals surface area contributed by atoms with Gasteiger partial charge in [0.05, 0.1) is 0 Å². The van der Waals surface area contributed by atoms with Crippen LogP contribution in [0.25, 0.3) is 0 Å². The van der Waals surface area contributed by atoms with Crippen LogP contribution in [0.3, 0.4) is 0 Å². The van der Waals surface area contributed by atoms with E-state index in [-0.39, 0.29) is 6.42 Å². The average molecular weight is 249 g/mol. The molecule has 0 radical (unpaired) electrons. The maximum Gasteiger partial charge on any atom is 0.303 e. The number of carboxylic acid groups (broad SMARTS) is 1. The van der Waals surface area contributed by atoms with Gasteiger partial charge in [-0.3, -0.25) is 4.79 Å². The van der Waals surface area contributed by atoms with Crippen molar-refractivity contribution in [1.82, 2.24) is 4.90 Å². The molecule has 1 rings (SSSR count). The highest BCUT2D eigenvalue weighted by Gasteiger charge is 2.02. The van der Waals surface area contributed by atoms with Crippen molar-refractivity contribution in [3.63, 3.8) is 0 Å². The minimum Gasteiger partial charge on any atom is -0.481 e. The Balaban J connectivity index is 2.34. The van der Waals surface area contributed by atoms with Crippen LogP contribution in [0.1, 0.15) is 37.3 Å². The molecule has 3 heteroatoms. The third kappa shape index (κ3) is 5.82. The van der Waals surface area contributed by atoms with Gasteiger partial charge in [-0.25, -0.2) is 0 Å². The first-order valence-corrected chi connectivity index (χ1v) is 6.60. The summed E-state index contributed by atoms with van der Waals surface area (Å²) in [6.45, 7) is 3.89. The summed E-state index contributed by atoms with van der Waals surface area (Å²) in [5.74, 6) is -0.715. The molecule has 18 heavy (non-hydrogen) atoms. The van der Waals surface area contributed by atoms with E-state index >= 15 is 0 Å². The fourth-order valence-corrected chi connectivity index (χ4v) is 1.99. The van der Waals surface area contributed by atoms with E-state index in [0.717, 1.165) is 19.5 Å². The predicted molar refractivity (Wildman–Crippen MR) is 73.6 cm³/mol. The van der Waals surface area contributed by atoms with E-state index in [1.807, 2.05) is 7.05 Å². The molecule has 0 aliphatic heterocycles. The second kappa shape index (κ2) is 7.88. The Morgan fingerprint density at radius 2 is 1.83 bits per heavy atom. The molecule has 0 amide bonds. The molecule has 0 aromatic heterocycles. The second-order valence-corrected chi connectivity index (χ2v) is 4.80. The summed E-state index contributed by atoms with van der Waals surface area (Å²) in [5.41, 5.74) is 2.67. The van der Waals surface area contributed by atoms with Gasteiger partial charge in [0.25, 0.3) is 0 Å². The van der Waals surface area contributed by atoms with Gasteiger partial charge in [0, 0.05) is 13.0 Å². The van der Waals surface area contributed by atoms with Crippen LogP contribution >= 0.6 is 0 Å². The summed E-state index contributed by atoms with van der Waals surface area (Å²) in [5, 5.41) is 8.58. The molecule has 0 fully saturated rings. The Kier molecular flexibility index (Phi) is 6.44. The van der Waals surface area contributed by atoms with Gasteiger partial charge in [-0.2, -0.15) is 0 Å². The third-order valence-electron chi connectivity index (χ3n) is 2.94. The lowest BCUT2D eigenvalue weighted by atomic mass is 10.1. The summed E-state index contributed by atoms with van der Waals surface area (Å²) in [6.07, 6.45) is 3.27. The molecule has 0 saturated carbocycles. The zero-order valence-electron chi connectivity index (χ0n) is 11.4. The summed E-state index contributed by atoms with van der Waals surface area (Å²) in [7, 11) is 2.03. The summed E-state index contributed by atoms with van der Waals surface area (Å²) in [6, 6.07) is 8.70. The van der Waals surface area contributed by atoms with E-state index in [9.17, 15) is 4.79 Å². The topological polar surface area (TPSA) is 40.5 Å². The molecule has 1 aromatic carbocycles. The highest BCUT2D eigenvalue weighted by Crippen LogP contribution is 2.09. The molecule has 0 heterocycles. The number of rotatable bonds is 8. The van der Waals surface area contributed by atoms with E-state index in [4.69, 9.17) is 5.11 Å². The van der Waals surface area contributed by atoms with Crippen molar-refractivity contribution in [1.29, 1.82) is 0 Å². The third-order valence-corrected chi connectivity index (χ3v) is 2.94. The molecule has 100 valence electrons. The Hall–Kier alpha value is -1.35. The molecule has 0 atom stereocenters. The lowest BCUT2D eigenvalue weighted by Gasteiger charge is -2.16. The number of hydrogen-bond donors (Lipinski definition) is 1. The van der Waals surface area contributed by atoms with E-state index in [0.29, 0.717) is 6.42 Å². The molecule has 3 nitrogen and oxygen atoms in total. The maximum atomic E-state index is 10.4. The van der Waals surface area contributed by atoms with Crippen molar-refractivity contribution in [2.75, 3.05) is 13.6 Å². The minimum absolute atomic E-state index is 0.250. The number of hydrogen-bond acceptors (Lipinski definition) is 2. The van der Waals surface area contributed by atoms with Crippen molar-refractivity contribution in [2.45, 2.75) is 39.2 Å². The summed E-state index contributed by atoms with van der Waals surface area (Å²) < 4.78 is 0. The van der Waals surface area contributed by atoms with E-state index in [2.05, 4.69) is 36.1 Å². The maximum absolute atomic E-state index is 10.4. The van der Waals surface area contributed by atoms with Gasteiger partial charge in [-0.05, 0) is 37.6 Å². The Labute approximate surface area is 109 Å². The molecule has 1 N–H and O–H groups in total. The Morgan fingerprint density at radius 1 is 1.22 bits per heavy atom. The van der Waals surface area contributed by atoms with Crippen LogP contribution < -0.4 is 0 Å². The number of aryl methyl sites for hydroxylation is 1. The number of benzene rings is 1. The SMILES string of the molecule is CCCc1ccc(CN(C)CCCC(=O)O)cc1. The molecule has 0 saturated heterocycles. The molecule has 0 spiro atoms. The zero-order valence-corrected chi connectivity index (χ0v) is 11.4. The summed E-state index contributed by atoms with van der Waals surface area (Å²) in [4.78, 5) is 12.6. The van der Waals surface area contributed by atoms with Crippen molar-refractivity contribution in [2.24, 2.45) is 0 Å². The van der Waals surface area contributed by atoms with Crippen LogP contribution in [-0.2, 0) is 17.8 Å². The molecular formula is C15H23NO2. The Bertz CT molecular complexity index is 359. The van der Waals surface area contributed by atoms with Gasteiger partial charge in [0.15, 0.2) is 0 Å². The quantitative estimate of drug-likeness (QED) is 0.770. The zero-order chi connectivity index (χ0) is 13.4. The molecular weight excluding hydrogens is 226 g/mol. The normalized spacial score (nSPS) is 10.8. The van der Waals surface area contributed by atoms with Crippen molar-refractivity contribution >= 4 is 5.97 Å². The lowest BCUT2D eigenvalue weighted by molar-refractivity contribution is -0.137. The van der Waals surface area contributed by atoms with Crippen LogP contribution in [0, 0.1) is 0 Å². The smallest absolute Gasteiger partial charge is 0.303 e. The molecule has 0 bridgehead atoms. The highest BCUT2D eigenvalue weighted by atomic mass is 16.4. The fraction of sp³-hybridized carbons (Fsp3) is 0.533. The van der Waals surface area contributed by atoms with Gasteiger partial charge < -0.3 is 10.0 Å². The van der Waals surface area contributed by atoms with Crippen LogP contribution in [0.4, 0.5) is 0 Å².